The Hall–Kier alpha value is -0.530. The Balaban J connectivity index is 1.77. The summed E-state index contributed by atoms with van der Waals surface area (Å²) in [6.45, 7) is 3.06. The number of hydrogen-bond acceptors (Lipinski definition) is 6. The van der Waals surface area contributed by atoms with Gasteiger partial charge in [-0.15, -0.1) is 11.6 Å². The van der Waals surface area contributed by atoms with Gasteiger partial charge in [0.15, 0.2) is 5.78 Å². The maximum absolute atomic E-state index is 12.4. The minimum atomic E-state index is -1.66. The van der Waals surface area contributed by atoms with Gasteiger partial charge in [0.1, 0.15) is 18.0 Å². The molecule has 4 aliphatic rings. The van der Waals surface area contributed by atoms with Gasteiger partial charge in [0.05, 0.1) is 17.1 Å². The summed E-state index contributed by atoms with van der Waals surface area (Å²) in [7, 11) is 0. The number of ketones is 2. The highest BCUT2D eigenvalue weighted by Crippen LogP contribution is 2.69. The third kappa shape index (κ3) is 2.30. The summed E-state index contributed by atoms with van der Waals surface area (Å²) in [6, 6.07) is 0. The van der Waals surface area contributed by atoms with Crippen LogP contribution in [0.25, 0.3) is 0 Å². The van der Waals surface area contributed by atoms with Gasteiger partial charge in [-0.1, -0.05) is 13.8 Å². The van der Waals surface area contributed by atoms with Crippen molar-refractivity contribution >= 4 is 23.2 Å². The van der Waals surface area contributed by atoms with Gasteiger partial charge in [-0.3, -0.25) is 9.59 Å². The number of rotatable bonds is 2. The van der Waals surface area contributed by atoms with E-state index in [1.165, 1.54) is 0 Å². The van der Waals surface area contributed by atoms with Crippen LogP contribution in [0, 0.1) is 28.6 Å². The lowest BCUT2D eigenvalue weighted by molar-refractivity contribution is -0.237. The largest absolute Gasteiger partial charge is 0.393 e. The number of Topliss-reactive ketones (excluding diaryl/α,β-unsaturated/α-hetero) is 2. The zero-order chi connectivity index (χ0) is 20.7. The fourth-order valence-electron chi connectivity index (χ4n) is 7.74. The molecule has 4 rings (SSSR count). The topological polar surface area (TPSA) is 115 Å². The number of carbonyl (C=O) groups excluding carboxylic acids is 2. The average molecular weight is 415 g/mol. The molecule has 0 amide bonds. The minimum absolute atomic E-state index is 0.00277. The molecule has 0 radical (unpaired) electrons. The number of hydrogen-bond donors (Lipinski definition) is 4. The predicted octanol–water partition coefficient (Wildman–Crippen LogP) is 1.19. The molecular weight excluding hydrogens is 384 g/mol. The fraction of sp³-hybridized carbons (Fsp3) is 0.905. The van der Waals surface area contributed by atoms with Crippen molar-refractivity contribution in [2.24, 2.45) is 28.6 Å². The molecule has 0 spiro atoms. The van der Waals surface area contributed by atoms with Crippen molar-refractivity contribution in [3.8, 4) is 0 Å². The van der Waals surface area contributed by atoms with E-state index in [0.717, 1.165) is 0 Å². The Morgan fingerprint density at radius 1 is 1.21 bits per heavy atom. The summed E-state index contributed by atoms with van der Waals surface area (Å²) in [5.74, 6) is -0.933. The molecular formula is C21H31ClO6. The van der Waals surface area contributed by atoms with Crippen molar-refractivity contribution in [1.82, 2.24) is 0 Å². The number of carbonyl (C=O) groups is 2. The predicted molar refractivity (Wildman–Crippen MR) is 102 cm³/mol. The van der Waals surface area contributed by atoms with Crippen molar-refractivity contribution in [3.05, 3.63) is 0 Å². The van der Waals surface area contributed by atoms with E-state index in [1.54, 1.807) is 0 Å². The Morgan fingerprint density at radius 2 is 1.89 bits per heavy atom. The minimum Gasteiger partial charge on any atom is -0.393 e. The van der Waals surface area contributed by atoms with Crippen LogP contribution in [0.1, 0.15) is 58.8 Å². The van der Waals surface area contributed by atoms with E-state index >= 15 is 0 Å². The molecule has 0 bridgehead atoms. The maximum Gasteiger partial charge on any atom is 0.190 e. The van der Waals surface area contributed by atoms with E-state index in [0.29, 0.717) is 25.7 Å². The summed E-state index contributed by atoms with van der Waals surface area (Å²) in [5, 5.41) is 42.7. The Kier molecular flexibility index (Phi) is 4.62. The first-order chi connectivity index (χ1) is 12.9. The van der Waals surface area contributed by atoms with Crippen molar-refractivity contribution < 1.29 is 30.0 Å². The monoisotopic (exact) mass is 414 g/mol. The van der Waals surface area contributed by atoms with Crippen molar-refractivity contribution in [2.75, 3.05) is 6.61 Å². The van der Waals surface area contributed by atoms with Crippen LogP contribution in [-0.2, 0) is 9.59 Å². The van der Waals surface area contributed by atoms with Crippen LogP contribution in [0.15, 0.2) is 0 Å². The second kappa shape index (κ2) is 6.24. The Morgan fingerprint density at radius 3 is 2.54 bits per heavy atom. The molecule has 4 N–H and O–H groups in total. The molecule has 4 saturated carbocycles. The SMILES string of the molecule is C[C@]12C[C@H](O)[C@H]3[C@@H](C[C@@H](Cl)[C@@]4(O)CC(=O)CC[C@]34C)[C@@H]1CC[C@]2(O)C(=O)CO. The van der Waals surface area contributed by atoms with Crippen LogP contribution in [0.4, 0.5) is 0 Å². The molecule has 158 valence electrons. The van der Waals surface area contributed by atoms with Gasteiger partial charge in [-0.05, 0) is 49.9 Å². The van der Waals surface area contributed by atoms with Gasteiger partial charge in [0.2, 0.25) is 0 Å². The van der Waals surface area contributed by atoms with Gasteiger partial charge >= 0.3 is 0 Å². The third-order valence-electron chi connectivity index (χ3n) is 9.32. The van der Waals surface area contributed by atoms with Crippen molar-refractivity contribution in [3.63, 3.8) is 0 Å². The Labute approximate surface area is 170 Å². The van der Waals surface area contributed by atoms with Crippen LogP contribution in [0.2, 0.25) is 0 Å². The number of aliphatic hydroxyl groups excluding tert-OH is 2. The molecule has 6 nitrogen and oxygen atoms in total. The highest BCUT2D eigenvalue weighted by atomic mass is 35.5. The second-order valence-corrected chi connectivity index (χ2v) is 10.8. The number of alkyl halides is 1. The van der Waals surface area contributed by atoms with Gasteiger partial charge in [-0.2, -0.15) is 0 Å². The number of aliphatic hydroxyl groups is 4. The lowest BCUT2D eigenvalue weighted by Crippen LogP contribution is -2.70. The molecule has 0 aliphatic heterocycles. The first-order valence-corrected chi connectivity index (χ1v) is 10.8. The lowest BCUT2D eigenvalue weighted by atomic mass is 9.42. The second-order valence-electron chi connectivity index (χ2n) is 10.2. The number of halogens is 1. The third-order valence-corrected chi connectivity index (χ3v) is 9.86. The van der Waals surface area contributed by atoms with E-state index in [4.69, 9.17) is 11.6 Å². The smallest absolute Gasteiger partial charge is 0.190 e. The van der Waals surface area contributed by atoms with Crippen molar-refractivity contribution in [1.29, 1.82) is 0 Å². The van der Waals surface area contributed by atoms with Crippen LogP contribution < -0.4 is 0 Å². The molecule has 4 aliphatic carbocycles. The van der Waals surface area contributed by atoms with E-state index in [1.807, 2.05) is 13.8 Å². The zero-order valence-corrected chi connectivity index (χ0v) is 17.3. The first-order valence-electron chi connectivity index (χ1n) is 10.4. The van der Waals surface area contributed by atoms with E-state index in [-0.39, 0.29) is 42.8 Å². The molecule has 0 aromatic rings. The lowest BCUT2D eigenvalue weighted by Gasteiger charge is -2.65. The summed E-state index contributed by atoms with van der Waals surface area (Å²) >= 11 is 6.70. The van der Waals surface area contributed by atoms with Gasteiger partial charge in [-0.25, -0.2) is 0 Å². The maximum atomic E-state index is 12.4. The summed E-state index contributed by atoms with van der Waals surface area (Å²) in [5.41, 5.74) is -4.55. The van der Waals surface area contributed by atoms with Gasteiger partial charge in [0, 0.05) is 23.7 Å². The van der Waals surface area contributed by atoms with Crippen LogP contribution in [0.5, 0.6) is 0 Å². The van der Waals surface area contributed by atoms with E-state index < -0.39 is 45.9 Å². The van der Waals surface area contributed by atoms with Crippen molar-refractivity contribution in [2.45, 2.75) is 81.5 Å². The quantitative estimate of drug-likeness (QED) is 0.504. The molecule has 7 heteroatoms. The van der Waals surface area contributed by atoms with Crippen LogP contribution >= 0.6 is 11.6 Å². The molecule has 4 fully saturated rings. The van der Waals surface area contributed by atoms with Crippen LogP contribution in [0.3, 0.4) is 0 Å². The highest BCUT2D eigenvalue weighted by molar-refractivity contribution is 6.21. The number of fused-ring (bicyclic) bond motifs is 5. The molecule has 0 aromatic heterocycles. The molecule has 9 atom stereocenters. The molecule has 0 saturated heterocycles. The molecule has 0 heterocycles. The van der Waals surface area contributed by atoms with Gasteiger partial charge in [0.25, 0.3) is 0 Å². The zero-order valence-electron chi connectivity index (χ0n) is 16.5. The van der Waals surface area contributed by atoms with Crippen LogP contribution in [-0.4, -0.2) is 61.3 Å². The molecule has 28 heavy (non-hydrogen) atoms. The average Bonchev–Trinajstić information content (AvgIpc) is 2.89. The molecule has 0 unspecified atom stereocenters. The first kappa shape index (κ1) is 20.7. The highest BCUT2D eigenvalue weighted by Gasteiger charge is 2.72. The Bertz CT molecular complexity index is 713. The van der Waals surface area contributed by atoms with E-state index in [2.05, 4.69) is 0 Å². The normalized spacial score (nSPS) is 56.0. The van der Waals surface area contributed by atoms with Gasteiger partial charge < -0.3 is 20.4 Å². The van der Waals surface area contributed by atoms with E-state index in [9.17, 15) is 30.0 Å². The summed E-state index contributed by atoms with van der Waals surface area (Å²) < 4.78 is 0. The standard InChI is InChI=1S/C21H31ClO6/c1-18-5-3-11(24)8-21(18,28)15(22)7-12-13-4-6-20(27,16(26)10-23)19(13,2)9-14(25)17(12)18/h12-15,17,23,25,27-28H,3-10H2,1-2H3/t12-,13-,14-,15+,17+,18+,19-,20-,21-/m0/s1. The summed E-state index contributed by atoms with van der Waals surface area (Å²) in [6.07, 6.45) is 1.58. The molecule has 0 aromatic carbocycles. The fourth-order valence-corrected chi connectivity index (χ4v) is 8.27. The summed E-state index contributed by atoms with van der Waals surface area (Å²) in [4.78, 5) is 24.5.